The van der Waals surface area contributed by atoms with Gasteiger partial charge in [0.15, 0.2) is 0 Å². The predicted octanol–water partition coefficient (Wildman–Crippen LogP) is 12.9. The van der Waals surface area contributed by atoms with E-state index in [0.717, 1.165) is 0 Å². The van der Waals surface area contributed by atoms with E-state index in [4.69, 9.17) is 0 Å². The Morgan fingerprint density at radius 3 is 1.73 bits per heavy atom. The minimum Gasteiger partial charge on any atom is -0.0732 e. The van der Waals surface area contributed by atoms with E-state index in [1.807, 2.05) is 0 Å². The van der Waals surface area contributed by atoms with Crippen LogP contribution >= 0.6 is 0 Å². The highest BCUT2D eigenvalue weighted by Gasteiger charge is 2.36. The van der Waals surface area contributed by atoms with Gasteiger partial charge in [-0.3, -0.25) is 0 Å². The van der Waals surface area contributed by atoms with Crippen molar-refractivity contribution in [3.63, 3.8) is 0 Å². The van der Waals surface area contributed by atoms with E-state index < -0.39 is 0 Å². The first-order chi connectivity index (χ1) is 23.5. The normalized spacial score (nSPS) is 17.0. The summed E-state index contributed by atoms with van der Waals surface area (Å²) in [7, 11) is 0. The molecular formula is C48H34. The van der Waals surface area contributed by atoms with Crippen LogP contribution in [0.3, 0.4) is 0 Å². The molecule has 0 fully saturated rings. The van der Waals surface area contributed by atoms with Crippen molar-refractivity contribution in [1.29, 1.82) is 0 Å². The highest BCUT2D eigenvalue weighted by atomic mass is 14.4. The van der Waals surface area contributed by atoms with Crippen molar-refractivity contribution < 1.29 is 0 Å². The minimum absolute atomic E-state index is 0.0518. The number of hydrogen-bond acceptors (Lipinski definition) is 0. The number of allylic oxidation sites excluding steroid dienone is 8. The lowest BCUT2D eigenvalue weighted by atomic mass is 9.81. The second-order valence-corrected chi connectivity index (χ2v) is 14.1. The third-order valence-corrected chi connectivity index (χ3v) is 11.1. The van der Waals surface area contributed by atoms with Gasteiger partial charge in [0, 0.05) is 11.3 Å². The molecule has 1 atom stereocenters. The molecule has 0 radical (unpaired) electrons. The quantitative estimate of drug-likeness (QED) is 0.175. The first-order valence-electron chi connectivity index (χ1n) is 17.1. The summed E-state index contributed by atoms with van der Waals surface area (Å²) in [4.78, 5) is 0. The van der Waals surface area contributed by atoms with Gasteiger partial charge in [-0.2, -0.15) is 0 Å². The van der Waals surface area contributed by atoms with Crippen LogP contribution in [0.25, 0.3) is 71.3 Å². The van der Waals surface area contributed by atoms with E-state index in [2.05, 4.69) is 178 Å². The Balaban J connectivity index is 1.16. The molecule has 3 aliphatic rings. The van der Waals surface area contributed by atoms with Gasteiger partial charge in [-0.1, -0.05) is 159 Å². The molecule has 0 heteroatoms. The van der Waals surface area contributed by atoms with Gasteiger partial charge in [-0.25, -0.2) is 0 Å². The number of rotatable bonds is 3. The van der Waals surface area contributed by atoms with Crippen molar-refractivity contribution in [2.24, 2.45) is 5.92 Å². The fourth-order valence-electron chi connectivity index (χ4n) is 8.64. The molecular weight excluding hydrogens is 577 g/mol. The average molecular weight is 611 g/mol. The first-order valence-corrected chi connectivity index (χ1v) is 17.1. The largest absolute Gasteiger partial charge is 0.0732 e. The van der Waals surface area contributed by atoms with Crippen molar-refractivity contribution in [1.82, 2.24) is 0 Å². The number of hydrogen-bond donors (Lipinski definition) is 0. The molecule has 0 nitrogen and oxygen atoms in total. The average Bonchev–Trinajstić information content (AvgIpc) is 3.66. The highest BCUT2D eigenvalue weighted by molar-refractivity contribution is 6.21. The Morgan fingerprint density at radius 1 is 0.500 bits per heavy atom. The Bertz CT molecular complexity index is 2560. The van der Waals surface area contributed by atoms with E-state index in [-0.39, 0.29) is 5.41 Å². The molecule has 0 saturated carbocycles. The molecule has 0 heterocycles. The van der Waals surface area contributed by atoms with Crippen molar-refractivity contribution in [2.45, 2.75) is 19.3 Å². The first kappa shape index (κ1) is 27.4. The Labute approximate surface area is 281 Å². The van der Waals surface area contributed by atoms with Crippen LogP contribution in [0.4, 0.5) is 0 Å². The Morgan fingerprint density at radius 2 is 1.06 bits per heavy atom. The van der Waals surface area contributed by atoms with Crippen LogP contribution in [-0.4, -0.2) is 0 Å². The number of benzene rings is 7. The Kier molecular flexibility index (Phi) is 5.79. The maximum atomic E-state index is 2.46. The van der Waals surface area contributed by atoms with Crippen LogP contribution in [0.1, 0.15) is 30.5 Å². The van der Waals surface area contributed by atoms with Crippen molar-refractivity contribution in [3.8, 4) is 33.4 Å². The van der Waals surface area contributed by atoms with E-state index in [1.165, 1.54) is 93.5 Å². The molecule has 0 saturated heterocycles. The minimum atomic E-state index is -0.0518. The fraction of sp³-hybridized carbons (Fsp3) is 0.0833. The standard InChI is InChI=1S/C48H34/c1-48(2)44-24-23-36(28-42(44)43-27-34-13-5-6-14-35(34)29-45(43)48)47-40-17-9-7-15-38(40)46(39-16-8-10-18-41(39)47)31-21-19-30(20-22-31)37-25-32-11-3-4-12-33(32)26-37/h3-29,32H,1-2H3. The van der Waals surface area contributed by atoms with Crippen molar-refractivity contribution in [2.75, 3.05) is 0 Å². The summed E-state index contributed by atoms with van der Waals surface area (Å²) in [6, 6.07) is 48.0. The Hall–Kier alpha value is -5.72. The van der Waals surface area contributed by atoms with Crippen LogP contribution in [-0.2, 0) is 5.41 Å². The van der Waals surface area contributed by atoms with E-state index in [9.17, 15) is 0 Å². The summed E-state index contributed by atoms with van der Waals surface area (Å²) in [6.07, 6.45) is 13.5. The van der Waals surface area contributed by atoms with Gasteiger partial charge >= 0.3 is 0 Å². The smallest absolute Gasteiger partial charge is 0.0211 e. The van der Waals surface area contributed by atoms with Gasteiger partial charge in [-0.15, -0.1) is 0 Å². The molecule has 0 aliphatic heterocycles. The summed E-state index contributed by atoms with van der Waals surface area (Å²) in [5.74, 6) is 0.392. The summed E-state index contributed by atoms with van der Waals surface area (Å²) in [5.41, 5.74) is 14.5. The molecule has 10 rings (SSSR count). The topological polar surface area (TPSA) is 0 Å². The molecule has 0 amide bonds. The zero-order chi connectivity index (χ0) is 32.0. The molecule has 0 aromatic heterocycles. The van der Waals surface area contributed by atoms with Crippen LogP contribution < -0.4 is 0 Å². The summed E-state index contributed by atoms with van der Waals surface area (Å²) >= 11 is 0. The predicted molar refractivity (Wildman–Crippen MR) is 205 cm³/mol. The third kappa shape index (κ3) is 3.96. The molecule has 0 bridgehead atoms. The van der Waals surface area contributed by atoms with Gasteiger partial charge in [0.05, 0.1) is 0 Å². The van der Waals surface area contributed by atoms with Gasteiger partial charge < -0.3 is 0 Å². The second kappa shape index (κ2) is 10.1. The maximum Gasteiger partial charge on any atom is 0.0211 e. The summed E-state index contributed by atoms with van der Waals surface area (Å²) < 4.78 is 0. The van der Waals surface area contributed by atoms with Crippen LogP contribution in [0, 0.1) is 5.92 Å². The second-order valence-electron chi connectivity index (χ2n) is 14.1. The lowest BCUT2D eigenvalue weighted by Crippen LogP contribution is -2.14. The van der Waals surface area contributed by atoms with Crippen LogP contribution in [0.5, 0.6) is 0 Å². The van der Waals surface area contributed by atoms with E-state index in [0.29, 0.717) is 5.92 Å². The highest BCUT2D eigenvalue weighted by Crippen LogP contribution is 2.52. The molecule has 48 heavy (non-hydrogen) atoms. The monoisotopic (exact) mass is 610 g/mol. The SMILES string of the molecule is CC1(C)c2ccc(-c3c4ccccc4c(-c4ccc(C5=CC6C=CC=CC6=C5)cc4)c4ccccc34)cc2-c2cc3ccccc3cc21. The molecule has 0 spiro atoms. The van der Waals surface area contributed by atoms with E-state index >= 15 is 0 Å². The lowest BCUT2D eigenvalue weighted by Gasteiger charge is -2.22. The van der Waals surface area contributed by atoms with Crippen molar-refractivity contribution >= 4 is 37.9 Å². The van der Waals surface area contributed by atoms with Gasteiger partial charge in [-0.05, 0) is 112 Å². The molecule has 3 aliphatic carbocycles. The number of fused-ring (bicyclic) bond motifs is 7. The van der Waals surface area contributed by atoms with Crippen LogP contribution in [0.2, 0.25) is 0 Å². The molecule has 7 aromatic carbocycles. The van der Waals surface area contributed by atoms with E-state index in [1.54, 1.807) is 0 Å². The summed E-state index contributed by atoms with van der Waals surface area (Å²) in [6.45, 7) is 4.75. The molecule has 7 aromatic rings. The van der Waals surface area contributed by atoms with Gasteiger partial charge in [0.25, 0.3) is 0 Å². The van der Waals surface area contributed by atoms with Gasteiger partial charge in [0.2, 0.25) is 0 Å². The van der Waals surface area contributed by atoms with Gasteiger partial charge in [0.1, 0.15) is 0 Å². The van der Waals surface area contributed by atoms with Crippen molar-refractivity contribution in [3.05, 3.63) is 186 Å². The van der Waals surface area contributed by atoms with Crippen LogP contribution in [0.15, 0.2) is 169 Å². The summed E-state index contributed by atoms with van der Waals surface area (Å²) in [5, 5.41) is 7.75. The molecule has 226 valence electrons. The molecule has 0 N–H and O–H groups in total. The zero-order valence-corrected chi connectivity index (χ0v) is 27.2. The fourth-order valence-corrected chi connectivity index (χ4v) is 8.64. The molecule has 1 unspecified atom stereocenters. The lowest BCUT2D eigenvalue weighted by molar-refractivity contribution is 0.661. The maximum absolute atomic E-state index is 2.46. The zero-order valence-electron chi connectivity index (χ0n) is 27.2. The third-order valence-electron chi connectivity index (χ3n) is 11.1.